The summed E-state index contributed by atoms with van der Waals surface area (Å²) in [7, 11) is 3.70. The molecule has 0 bridgehead atoms. The van der Waals surface area contributed by atoms with E-state index in [1.54, 1.807) is 7.11 Å². The maximum atomic E-state index is 5.13. The van der Waals surface area contributed by atoms with Crippen molar-refractivity contribution in [3.8, 4) is 5.75 Å². The van der Waals surface area contributed by atoms with Crippen LogP contribution in [0.3, 0.4) is 0 Å². The molecule has 0 saturated carbocycles. The average Bonchev–Trinajstić information content (AvgIpc) is 2.18. The first-order valence-corrected chi connectivity index (χ1v) is 4.24. The number of rotatable bonds is 4. The van der Waals surface area contributed by atoms with Crippen LogP contribution in [0.25, 0.3) is 0 Å². The van der Waals surface area contributed by atoms with Crippen LogP contribution in [-0.2, 0) is 0 Å². The minimum absolute atomic E-state index is 0.840. The third-order valence-corrected chi connectivity index (χ3v) is 1.90. The number of likely N-dealkylation sites (N-methyl/N-ethyl adjacent to an activating group) is 1. The summed E-state index contributed by atoms with van der Waals surface area (Å²) in [5.41, 5.74) is 1.14. The van der Waals surface area contributed by atoms with Crippen LogP contribution in [0.4, 0.5) is 5.69 Å². The largest absolute Gasteiger partial charge is 0.497 e. The maximum Gasteiger partial charge on any atom is 0.120 e. The number of anilines is 1. The zero-order chi connectivity index (χ0) is 9.68. The molecule has 0 aromatic heterocycles. The summed E-state index contributed by atoms with van der Waals surface area (Å²) in [6, 6.07) is 7.97. The van der Waals surface area contributed by atoms with Crippen LogP contribution in [-0.4, -0.2) is 20.7 Å². The fourth-order valence-electron chi connectivity index (χ4n) is 1.15. The fourth-order valence-corrected chi connectivity index (χ4v) is 1.15. The summed E-state index contributed by atoms with van der Waals surface area (Å²) in [5, 5.41) is 0. The van der Waals surface area contributed by atoms with Crippen molar-refractivity contribution in [2.24, 2.45) is 0 Å². The van der Waals surface area contributed by atoms with Gasteiger partial charge in [0.2, 0.25) is 0 Å². The van der Waals surface area contributed by atoms with Crippen LogP contribution < -0.4 is 9.64 Å². The second-order valence-electron chi connectivity index (χ2n) is 2.87. The Balaban J connectivity index is 2.81. The highest BCUT2D eigenvalue weighted by molar-refractivity contribution is 5.50. The molecule has 1 rings (SSSR count). The van der Waals surface area contributed by atoms with Crippen molar-refractivity contribution in [1.29, 1.82) is 0 Å². The number of hydrogen-bond donors (Lipinski definition) is 0. The average molecular weight is 177 g/mol. The molecule has 0 aliphatic rings. The molecule has 0 heterocycles. The Bertz CT molecular complexity index is 283. The van der Waals surface area contributed by atoms with E-state index in [-0.39, 0.29) is 0 Å². The van der Waals surface area contributed by atoms with Crippen LogP contribution in [0.5, 0.6) is 5.75 Å². The van der Waals surface area contributed by atoms with Crippen molar-refractivity contribution in [3.63, 3.8) is 0 Å². The van der Waals surface area contributed by atoms with Gasteiger partial charge in [0.1, 0.15) is 5.75 Å². The predicted octanol–water partition coefficient (Wildman–Crippen LogP) is 2.32. The lowest BCUT2D eigenvalue weighted by Crippen LogP contribution is -2.16. The van der Waals surface area contributed by atoms with E-state index in [2.05, 4.69) is 11.5 Å². The van der Waals surface area contributed by atoms with Crippen molar-refractivity contribution in [1.82, 2.24) is 0 Å². The van der Waals surface area contributed by atoms with Gasteiger partial charge in [0.15, 0.2) is 0 Å². The molecule has 0 aliphatic carbocycles. The van der Waals surface area contributed by atoms with E-state index in [0.717, 1.165) is 18.0 Å². The highest BCUT2D eigenvalue weighted by Gasteiger charge is 1.98. The molecule has 0 fully saturated rings. The van der Waals surface area contributed by atoms with E-state index in [4.69, 9.17) is 4.74 Å². The normalized spacial score (nSPS) is 9.38. The monoisotopic (exact) mass is 177 g/mol. The quantitative estimate of drug-likeness (QED) is 0.654. The lowest BCUT2D eigenvalue weighted by atomic mass is 10.3. The number of methoxy groups -OCH3 is 1. The Morgan fingerprint density at radius 2 is 2.31 bits per heavy atom. The van der Waals surface area contributed by atoms with Gasteiger partial charge in [-0.2, -0.15) is 0 Å². The molecule has 0 saturated heterocycles. The summed E-state index contributed by atoms with van der Waals surface area (Å²) in [6.45, 7) is 4.54. The summed E-state index contributed by atoms with van der Waals surface area (Å²) < 4.78 is 5.13. The minimum atomic E-state index is 0.840. The fraction of sp³-hybridized carbons (Fsp3) is 0.273. The molecule has 2 nitrogen and oxygen atoms in total. The lowest BCUT2D eigenvalue weighted by Gasteiger charge is -2.17. The molecule has 1 aromatic carbocycles. The first-order chi connectivity index (χ1) is 6.27. The Morgan fingerprint density at radius 3 is 2.92 bits per heavy atom. The zero-order valence-electron chi connectivity index (χ0n) is 8.16. The zero-order valence-corrected chi connectivity index (χ0v) is 8.16. The van der Waals surface area contributed by atoms with E-state index in [0.29, 0.717) is 0 Å². The van der Waals surface area contributed by atoms with E-state index >= 15 is 0 Å². The third kappa shape index (κ3) is 2.51. The van der Waals surface area contributed by atoms with Gasteiger partial charge in [0.25, 0.3) is 0 Å². The molecule has 0 aliphatic heterocycles. The summed E-state index contributed by atoms with van der Waals surface area (Å²) >= 11 is 0. The van der Waals surface area contributed by atoms with E-state index in [9.17, 15) is 0 Å². The summed E-state index contributed by atoms with van der Waals surface area (Å²) in [4.78, 5) is 2.11. The van der Waals surface area contributed by atoms with Gasteiger partial charge in [-0.3, -0.25) is 0 Å². The predicted molar refractivity (Wildman–Crippen MR) is 56.5 cm³/mol. The van der Waals surface area contributed by atoms with Gasteiger partial charge in [0, 0.05) is 25.3 Å². The number of ether oxygens (including phenoxy) is 1. The van der Waals surface area contributed by atoms with Crippen molar-refractivity contribution in [2.45, 2.75) is 0 Å². The minimum Gasteiger partial charge on any atom is -0.497 e. The van der Waals surface area contributed by atoms with Crippen LogP contribution >= 0.6 is 0 Å². The topological polar surface area (TPSA) is 12.5 Å². The molecular formula is C11H15NO. The molecule has 0 radical (unpaired) electrons. The lowest BCUT2D eigenvalue weighted by molar-refractivity contribution is 0.415. The molecular weight excluding hydrogens is 162 g/mol. The molecule has 0 atom stereocenters. The van der Waals surface area contributed by atoms with Gasteiger partial charge in [-0.15, -0.1) is 6.58 Å². The van der Waals surface area contributed by atoms with Gasteiger partial charge >= 0.3 is 0 Å². The van der Waals surface area contributed by atoms with Gasteiger partial charge in [-0.05, 0) is 12.1 Å². The Hall–Kier alpha value is -1.44. The van der Waals surface area contributed by atoms with E-state index < -0.39 is 0 Å². The SMILES string of the molecule is C=CCN(C)c1cccc(OC)c1. The number of hydrogen-bond acceptors (Lipinski definition) is 2. The van der Waals surface area contributed by atoms with Gasteiger partial charge in [0.05, 0.1) is 7.11 Å². The highest BCUT2D eigenvalue weighted by Crippen LogP contribution is 2.19. The van der Waals surface area contributed by atoms with Gasteiger partial charge in [-0.25, -0.2) is 0 Å². The Morgan fingerprint density at radius 1 is 1.54 bits per heavy atom. The number of benzene rings is 1. The first kappa shape index (κ1) is 9.65. The van der Waals surface area contributed by atoms with Crippen LogP contribution in [0.2, 0.25) is 0 Å². The highest BCUT2D eigenvalue weighted by atomic mass is 16.5. The summed E-state index contributed by atoms with van der Waals surface area (Å²) in [5.74, 6) is 0.883. The van der Waals surface area contributed by atoms with Crippen molar-refractivity contribution in [3.05, 3.63) is 36.9 Å². The smallest absolute Gasteiger partial charge is 0.120 e. The van der Waals surface area contributed by atoms with E-state index in [1.807, 2.05) is 37.4 Å². The Kier molecular flexibility index (Phi) is 3.38. The first-order valence-electron chi connectivity index (χ1n) is 4.24. The Labute approximate surface area is 79.4 Å². The molecule has 2 heteroatoms. The van der Waals surface area contributed by atoms with Crippen LogP contribution in [0.1, 0.15) is 0 Å². The van der Waals surface area contributed by atoms with Crippen molar-refractivity contribution >= 4 is 5.69 Å². The van der Waals surface area contributed by atoms with Crippen LogP contribution in [0, 0.1) is 0 Å². The molecule has 0 amide bonds. The molecule has 13 heavy (non-hydrogen) atoms. The molecule has 0 unspecified atom stereocenters. The molecule has 1 aromatic rings. The van der Waals surface area contributed by atoms with Crippen molar-refractivity contribution in [2.75, 3.05) is 25.6 Å². The van der Waals surface area contributed by atoms with Crippen LogP contribution in [0.15, 0.2) is 36.9 Å². The summed E-state index contributed by atoms with van der Waals surface area (Å²) in [6.07, 6.45) is 1.87. The standard InChI is InChI=1S/C11H15NO/c1-4-8-12(2)10-6-5-7-11(9-10)13-3/h4-7,9H,1,8H2,2-3H3. The molecule has 70 valence electrons. The van der Waals surface area contributed by atoms with E-state index in [1.165, 1.54) is 0 Å². The number of nitrogens with zero attached hydrogens (tertiary/aromatic N) is 1. The third-order valence-electron chi connectivity index (χ3n) is 1.90. The van der Waals surface area contributed by atoms with Gasteiger partial charge < -0.3 is 9.64 Å². The van der Waals surface area contributed by atoms with Gasteiger partial charge in [-0.1, -0.05) is 12.1 Å². The second kappa shape index (κ2) is 4.55. The molecule has 0 spiro atoms. The second-order valence-corrected chi connectivity index (χ2v) is 2.87. The maximum absolute atomic E-state index is 5.13. The molecule has 0 N–H and O–H groups in total. The van der Waals surface area contributed by atoms with Crippen molar-refractivity contribution < 1.29 is 4.74 Å².